The quantitative estimate of drug-likeness (QED) is 0.177. The molecule has 0 saturated heterocycles. The molecule has 1 fully saturated rings. The third-order valence-corrected chi connectivity index (χ3v) is 10.9. The molecule has 1 N–H and O–H groups in total. The number of aromatic nitrogens is 1. The molecule has 1 aromatic heterocycles. The van der Waals surface area contributed by atoms with Crippen LogP contribution >= 0.6 is 0 Å². The van der Waals surface area contributed by atoms with Crippen LogP contribution in [0, 0.1) is 5.92 Å². The minimum Gasteiger partial charge on any atom is -0.360 e. The number of nitrogens with zero attached hydrogens (tertiary/aromatic N) is 1. The van der Waals surface area contributed by atoms with Crippen LogP contribution in [0.1, 0.15) is 59.2 Å². The van der Waals surface area contributed by atoms with Gasteiger partial charge in [0, 0.05) is 29.5 Å². The SMILES string of the molecule is COC1(O)C2c3ccc4cccc5c4c3-c3c(cc4c(CC(C)C)cccc4[n+]3C21)C51c2ccccc2-c2ccccc21. The summed E-state index contributed by atoms with van der Waals surface area (Å²) in [5.41, 5.74) is 13.7. The van der Waals surface area contributed by atoms with Crippen LogP contribution in [-0.2, 0) is 16.6 Å². The van der Waals surface area contributed by atoms with E-state index in [1.807, 2.05) is 0 Å². The second-order valence-corrected chi connectivity index (χ2v) is 13.4. The Morgan fingerprint density at radius 1 is 0.791 bits per heavy atom. The molecule has 43 heavy (non-hydrogen) atoms. The number of benzene rings is 5. The maximum atomic E-state index is 12.1. The van der Waals surface area contributed by atoms with Crippen LogP contribution in [0.3, 0.4) is 0 Å². The zero-order chi connectivity index (χ0) is 28.8. The Hall–Kier alpha value is -4.31. The molecule has 1 aliphatic heterocycles. The van der Waals surface area contributed by atoms with Crippen LogP contribution < -0.4 is 4.57 Å². The van der Waals surface area contributed by atoms with E-state index in [4.69, 9.17) is 4.74 Å². The molecule has 3 unspecified atom stereocenters. The number of aliphatic hydroxyl groups is 1. The molecular weight excluding hydrogens is 526 g/mol. The van der Waals surface area contributed by atoms with E-state index in [0.717, 1.165) is 6.42 Å². The summed E-state index contributed by atoms with van der Waals surface area (Å²) in [6, 6.07) is 38.4. The lowest BCUT2D eigenvalue weighted by molar-refractivity contribution is -0.678. The van der Waals surface area contributed by atoms with E-state index in [1.165, 1.54) is 77.4 Å². The highest BCUT2D eigenvalue weighted by atomic mass is 16.6. The maximum Gasteiger partial charge on any atom is 0.244 e. The first-order valence-electron chi connectivity index (χ1n) is 15.5. The van der Waals surface area contributed by atoms with E-state index in [-0.39, 0.29) is 12.0 Å². The molecule has 6 aromatic rings. The molecule has 3 aliphatic carbocycles. The van der Waals surface area contributed by atoms with Gasteiger partial charge in [-0.2, -0.15) is 4.57 Å². The molecule has 3 nitrogen and oxygen atoms in total. The summed E-state index contributed by atoms with van der Waals surface area (Å²) in [7, 11) is 1.66. The van der Waals surface area contributed by atoms with Gasteiger partial charge in [-0.25, -0.2) is 0 Å². The van der Waals surface area contributed by atoms with Crippen LogP contribution in [-0.4, -0.2) is 18.0 Å². The van der Waals surface area contributed by atoms with Gasteiger partial charge in [-0.1, -0.05) is 105 Å². The zero-order valence-electron chi connectivity index (χ0n) is 24.6. The number of methoxy groups -OCH3 is 1. The maximum absolute atomic E-state index is 12.1. The highest BCUT2D eigenvalue weighted by Crippen LogP contribution is 2.68. The van der Waals surface area contributed by atoms with Crippen molar-refractivity contribution in [3.8, 4) is 22.4 Å². The van der Waals surface area contributed by atoms with Crippen molar-refractivity contribution in [2.24, 2.45) is 5.92 Å². The molecule has 5 aromatic carbocycles. The molecule has 1 spiro atoms. The standard InChI is InChI=1S/C40H32NO2/c1-22(2)20-24-11-9-17-33-28(24)21-32-37-35-27(36-38(41(33)37)40(36,42)43-3)19-18-23-10-8-16-31(34(23)35)39(32)29-14-6-4-12-25(29)26-13-5-7-15-30(26)39/h4-19,21-22,36,38,42H,20H2,1-3H3/q+1. The predicted octanol–water partition coefficient (Wildman–Crippen LogP) is 7.81. The van der Waals surface area contributed by atoms with Gasteiger partial charge in [-0.05, 0) is 62.7 Å². The first-order chi connectivity index (χ1) is 21.0. The third-order valence-electron chi connectivity index (χ3n) is 10.9. The topological polar surface area (TPSA) is 33.3 Å². The fourth-order valence-corrected chi connectivity index (χ4v) is 9.38. The Morgan fingerprint density at radius 2 is 1.49 bits per heavy atom. The number of hydrogen-bond acceptors (Lipinski definition) is 2. The molecule has 1 saturated carbocycles. The molecule has 0 amide bonds. The summed E-state index contributed by atoms with van der Waals surface area (Å²) in [6.45, 7) is 4.59. The van der Waals surface area contributed by atoms with Gasteiger partial charge >= 0.3 is 0 Å². The summed E-state index contributed by atoms with van der Waals surface area (Å²) in [5.74, 6) is -0.849. The van der Waals surface area contributed by atoms with E-state index >= 15 is 0 Å². The van der Waals surface area contributed by atoms with Crippen molar-refractivity contribution in [1.82, 2.24) is 0 Å². The largest absolute Gasteiger partial charge is 0.360 e. The molecule has 3 heteroatoms. The third kappa shape index (κ3) is 2.61. The van der Waals surface area contributed by atoms with E-state index < -0.39 is 11.2 Å². The number of rotatable bonds is 3. The Balaban J connectivity index is 1.50. The van der Waals surface area contributed by atoms with Crippen LogP contribution in [0.4, 0.5) is 0 Å². The predicted molar refractivity (Wildman–Crippen MR) is 170 cm³/mol. The van der Waals surface area contributed by atoms with Gasteiger partial charge in [0.15, 0.2) is 0 Å². The van der Waals surface area contributed by atoms with Crippen LogP contribution in [0.5, 0.6) is 0 Å². The Bertz CT molecular complexity index is 2180. The van der Waals surface area contributed by atoms with Crippen molar-refractivity contribution in [3.63, 3.8) is 0 Å². The number of pyridine rings is 1. The monoisotopic (exact) mass is 558 g/mol. The van der Waals surface area contributed by atoms with Gasteiger partial charge in [0.05, 0.1) is 11.0 Å². The molecule has 3 atom stereocenters. The van der Waals surface area contributed by atoms with Crippen LogP contribution in [0.2, 0.25) is 0 Å². The fraction of sp³-hybridized carbons (Fsp3) is 0.225. The first kappa shape index (κ1) is 24.2. The highest BCUT2D eigenvalue weighted by molar-refractivity contribution is 6.08. The lowest BCUT2D eigenvalue weighted by atomic mass is 9.61. The lowest BCUT2D eigenvalue weighted by Crippen LogP contribution is -2.46. The van der Waals surface area contributed by atoms with Gasteiger partial charge in [0.25, 0.3) is 0 Å². The molecule has 4 aliphatic rings. The molecule has 0 bridgehead atoms. The van der Waals surface area contributed by atoms with Gasteiger partial charge in [0.2, 0.25) is 23.0 Å². The summed E-state index contributed by atoms with van der Waals surface area (Å²) in [5, 5.41) is 15.9. The number of hydrogen-bond donors (Lipinski definition) is 1. The highest BCUT2D eigenvalue weighted by Gasteiger charge is 2.77. The van der Waals surface area contributed by atoms with Gasteiger partial charge in [-0.15, -0.1) is 0 Å². The Morgan fingerprint density at radius 3 is 2.21 bits per heavy atom. The minimum atomic E-state index is -1.25. The van der Waals surface area contributed by atoms with Crippen molar-refractivity contribution in [3.05, 3.63) is 137 Å². The van der Waals surface area contributed by atoms with Gasteiger partial charge in [-0.3, -0.25) is 0 Å². The summed E-state index contributed by atoms with van der Waals surface area (Å²) in [6.07, 6.45) is 0.996. The van der Waals surface area contributed by atoms with Crippen molar-refractivity contribution in [1.29, 1.82) is 0 Å². The van der Waals surface area contributed by atoms with Crippen LogP contribution in [0.25, 0.3) is 44.1 Å². The fourth-order valence-electron chi connectivity index (χ4n) is 9.38. The number of fused-ring (bicyclic) bond motifs is 12. The van der Waals surface area contributed by atoms with E-state index in [0.29, 0.717) is 5.92 Å². The Kier molecular flexibility index (Phi) is 4.38. The summed E-state index contributed by atoms with van der Waals surface area (Å²) < 4.78 is 8.46. The van der Waals surface area contributed by atoms with Gasteiger partial charge < -0.3 is 9.84 Å². The smallest absolute Gasteiger partial charge is 0.244 e. The molecule has 0 radical (unpaired) electrons. The number of ether oxygens (including phenoxy) is 1. The minimum absolute atomic E-state index is 0.119. The van der Waals surface area contributed by atoms with Gasteiger partial charge in [0.1, 0.15) is 5.92 Å². The lowest BCUT2D eigenvalue weighted by Gasteiger charge is -2.39. The van der Waals surface area contributed by atoms with Crippen LogP contribution in [0.15, 0.2) is 103 Å². The average molecular weight is 559 g/mol. The normalized spacial score (nSPS) is 22.6. The average Bonchev–Trinajstić information content (AvgIpc) is 3.55. The molecule has 10 rings (SSSR count). The van der Waals surface area contributed by atoms with E-state index in [9.17, 15) is 5.11 Å². The van der Waals surface area contributed by atoms with Crippen molar-refractivity contribution in [2.45, 2.75) is 43.4 Å². The zero-order valence-corrected chi connectivity index (χ0v) is 24.6. The van der Waals surface area contributed by atoms with E-state index in [2.05, 4.69) is 122 Å². The molecular formula is C40H32NO2+. The molecule has 208 valence electrons. The van der Waals surface area contributed by atoms with Crippen molar-refractivity contribution >= 4 is 21.7 Å². The first-order valence-corrected chi connectivity index (χ1v) is 15.5. The molecule has 2 heterocycles. The second kappa shape index (κ2) is 7.79. The summed E-state index contributed by atoms with van der Waals surface area (Å²) >= 11 is 0. The second-order valence-electron chi connectivity index (χ2n) is 13.4. The summed E-state index contributed by atoms with van der Waals surface area (Å²) in [4.78, 5) is 0. The van der Waals surface area contributed by atoms with E-state index in [1.54, 1.807) is 7.11 Å². The van der Waals surface area contributed by atoms with Crippen molar-refractivity contribution in [2.75, 3.05) is 7.11 Å². The van der Waals surface area contributed by atoms with Crippen molar-refractivity contribution < 1.29 is 14.4 Å². The Labute approximate surface area is 251 Å².